The molecule has 5 heteroatoms. The predicted octanol–water partition coefficient (Wildman–Crippen LogP) is 9.21. The summed E-state index contributed by atoms with van der Waals surface area (Å²) in [6.07, 6.45) is 16.1. The number of unbranched alkanes of at least 4 members (excludes halogenated alkanes) is 2. The van der Waals surface area contributed by atoms with E-state index in [0.29, 0.717) is 12.8 Å². The van der Waals surface area contributed by atoms with Crippen LogP contribution in [-0.2, 0) is 21.1 Å². The minimum atomic E-state index is -4.62. The summed E-state index contributed by atoms with van der Waals surface area (Å²) in [5, 5.41) is 0. The first-order chi connectivity index (χ1) is 17.1. The summed E-state index contributed by atoms with van der Waals surface area (Å²) >= 11 is -4.62. The molecule has 0 radical (unpaired) electrons. The van der Waals surface area contributed by atoms with Crippen LogP contribution in [0.3, 0.4) is 0 Å². The zero-order valence-corrected chi connectivity index (χ0v) is 23.1. The Hall–Kier alpha value is -2.26. The molecule has 0 atom stereocenters. The average Bonchev–Trinajstić information content (AvgIpc) is 3.54. The third kappa shape index (κ3) is 5.77. The van der Waals surface area contributed by atoms with Crippen molar-refractivity contribution in [3.8, 4) is 11.5 Å². The van der Waals surface area contributed by atoms with Crippen molar-refractivity contribution in [3.05, 3.63) is 102 Å². The fourth-order valence-electron chi connectivity index (χ4n) is 4.81. The first-order valence-corrected chi connectivity index (χ1v) is 17.2. The quantitative estimate of drug-likeness (QED) is 0.260. The van der Waals surface area contributed by atoms with Crippen LogP contribution >= 0.6 is 0 Å². The summed E-state index contributed by atoms with van der Waals surface area (Å²) in [7, 11) is 0. The van der Waals surface area contributed by atoms with Gasteiger partial charge in [-0.3, -0.25) is 0 Å². The molecule has 4 rings (SSSR count). The normalized spacial score (nSPS) is 15.4. The third-order valence-corrected chi connectivity index (χ3v) is 15.6. The zero-order chi connectivity index (χ0) is 24.7. The van der Waals surface area contributed by atoms with Crippen LogP contribution in [0.25, 0.3) is 0 Å². The van der Waals surface area contributed by atoms with Crippen LogP contribution in [0.1, 0.15) is 65.2 Å². The predicted molar refractivity (Wildman–Crippen MR) is 135 cm³/mol. The molecule has 0 spiro atoms. The van der Waals surface area contributed by atoms with Gasteiger partial charge < -0.3 is 0 Å². The van der Waals surface area contributed by atoms with Crippen LogP contribution in [-0.4, -0.2) is 0 Å². The topological polar surface area (TPSA) is 18.5 Å². The van der Waals surface area contributed by atoms with Crippen LogP contribution < -0.4 is 5.63 Å². The van der Waals surface area contributed by atoms with E-state index < -0.39 is 32.8 Å². The van der Waals surface area contributed by atoms with Gasteiger partial charge in [-0.2, -0.15) is 0 Å². The molecule has 2 aromatic rings. The molecule has 0 fully saturated rings. The Bertz CT molecular complexity index is 1070. The number of allylic oxidation sites excluding steroid dienone is 8. The maximum absolute atomic E-state index is 15.0. The first-order valence-electron chi connectivity index (χ1n) is 12.7. The third-order valence-electron chi connectivity index (χ3n) is 6.63. The van der Waals surface area contributed by atoms with Gasteiger partial charge in [0.1, 0.15) is 0 Å². The van der Waals surface area contributed by atoms with Gasteiger partial charge in [-0.1, -0.05) is 0 Å². The second kappa shape index (κ2) is 12.1. The van der Waals surface area contributed by atoms with Gasteiger partial charge in [-0.05, 0) is 0 Å². The summed E-state index contributed by atoms with van der Waals surface area (Å²) in [6, 6.07) is 13.0. The van der Waals surface area contributed by atoms with Gasteiger partial charge in [0, 0.05) is 0 Å². The molecule has 184 valence electrons. The van der Waals surface area contributed by atoms with Crippen molar-refractivity contribution in [3.63, 3.8) is 0 Å². The summed E-state index contributed by atoms with van der Waals surface area (Å²) in [6.45, 7) is 4.35. The fourth-order valence-corrected chi connectivity index (χ4v) is 14.4. The van der Waals surface area contributed by atoms with Crippen molar-refractivity contribution in [1.29, 1.82) is 0 Å². The summed E-state index contributed by atoms with van der Waals surface area (Å²) < 4.78 is 46.0. The number of benzene rings is 2. The van der Waals surface area contributed by atoms with Gasteiger partial charge in [-0.15, -0.1) is 0 Å². The molecule has 2 aromatic carbocycles. The maximum atomic E-state index is 15.0. The van der Waals surface area contributed by atoms with E-state index in [0.717, 1.165) is 45.1 Å². The number of hydrogen-bond donors (Lipinski definition) is 0. The summed E-state index contributed by atoms with van der Waals surface area (Å²) in [4.78, 5) is 0. The van der Waals surface area contributed by atoms with Crippen LogP contribution in [0.4, 0.5) is 8.78 Å². The van der Waals surface area contributed by atoms with E-state index in [1.165, 1.54) is 23.3 Å². The minimum absolute atomic E-state index is 0.183. The van der Waals surface area contributed by atoms with E-state index in [9.17, 15) is 0 Å². The second-order valence-electron chi connectivity index (χ2n) is 9.11. The van der Waals surface area contributed by atoms with E-state index >= 15 is 8.78 Å². The molecule has 0 bridgehead atoms. The van der Waals surface area contributed by atoms with Gasteiger partial charge in [0.05, 0.1) is 0 Å². The van der Waals surface area contributed by atoms with Gasteiger partial charge in [0.2, 0.25) is 0 Å². The van der Waals surface area contributed by atoms with Crippen LogP contribution in [0.2, 0.25) is 0 Å². The molecule has 0 saturated heterocycles. The molecular weight excluding hydrogens is 522 g/mol. The van der Waals surface area contributed by atoms with E-state index in [1.54, 1.807) is 36.4 Å². The van der Waals surface area contributed by atoms with Crippen molar-refractivity contribution in [2.24, 2.45) is 0 Å². The molecule has 0 N–H and O–H groups in total. The first kappa shape index (κ1) is 25.8. The van der Waals surface area contributed by atoms with Crippen molar-refractivity contribution >= 4 is 0 Å². The molecule has 2 aliphatic rings. The van der Waals surface area contributed by atoms with Crippen molar-refractivity contribution in [2.45, 2.75) is 65.2 Å². The van der Waals surface area contributed by atoms with E-state index in [-0.39, 0.29) is 11.5 Å². The molecule has 0 amide bonds. The Morgan fingerprint density at radius 2 is 1.11 bits per heavy atom. The van der Waals surface area contributed by atoms with Crippen molar-refractivity contribution in [1.82, 2.24) is 0 Å². The van der Waals surface area contributed by atoms with Crippen molar-refractivity contribution < 1.29 is 35.6 Å². The molecule has 2 nitrogen and oxygen atoms in total. The number of hydrogen-bond acceptors (Lipinski definition) is 2. The standard InChI is InChI=1S/2C9H13.2C6H5FO.Zr/c2*1-2-3-6-9-7-4-5-8-9;2*7-5-3-1-2-4-6(5)8;/h2*4,7H,2-3,5-6H2,1H3;2*1-4,8H;/q;;;;+2/p-2. The molecule has 35 heavy (non-hydrogen) atoms. The molecule has 0 aliphatic heterocycles. The Labute approximate surface area is 213 Å². The monoisotopic (exact) mass is 554 g/mol. The zero-order valence-electron chi connectivity index (χ0n) is 20.7. The van der Waals surface area contributed by atoms with Crippen LogP contribution in [0.15, 0.2) is 90.5 Å². The van der Waals surface area contributed by atoms with Gasteiger partial charge in [0.25, 0.3) is 0 Å². The van der Waals surface area contributed by atoms with Crippen LogP contribution in [0.5, 0.6) is 11.5 Å². The molecule has 2 aliphatic carbocycles. The Balaban J connectivity index is 1.94. The Morgan fingerprint density at radius 3 is 1.51 bits per heavy atom. The van der Waals surface area contributed by atoms with Gasteiger partial charge >= 0.3 is 214 Å². The number of halogens is 2. The number of para-hydroxylation sites is 2. The van der Waals surface area contributed by atoms with Gasteiger partial charge in [-0.25, -0.2) is 0 Å². The van der Waals surface area contributed by atoms with Gasteiger partial charge in [0.15, 0.2) is 0 Å². The second-order valence-corrected chi connectivity index (χ2v) is 16.1. The average molecular weight is 556 g/mol. The molecule has 0 aromatic heterocycles. The molecule has 0 saturated carbocycles. The SMILES string of the molecule is CCCCC1=[C]([Zr]([O]c2ccccc2F)([O]c2ccccc2F)[C]2=C(CCCC)C=CC2)CC=C1. The van der Waals surface area contributed by atoms with Crippen LogP contribution in [0, 0.1) is 11.6 Å². The van der Waals surface area contributed by atoms with Crippen molar-refractivity contribution in [2.75, 3.05) is 0 Å². The fraction of sp³-hybridized carbons (Fsp3) is 0.333. The Morgan fingerprint density at radius 1 is 0.686 bits per heavy atom. The van der Waals surface area contributed by atoms with E-state index in [1.807, 2.05) is 0 Å². The number of rotatable bonds is 12. The summed E-state index contributed by atoms with van der Waals surface area (Å²) in [5.41, 5.74) is 2.43. The molecular formula is C30H34F2O2Zr. The summed E-state index contributed by atoms with van der Waals surface area (Å²) in [5.74, 6) is -0.477. The van der Waals surface area contributed by atoms with E-state index in [4.69, 9.17) is 5.63 Å². The molecule has 0 heterocycles. The van der Waals surface area contributed by atoms with E-state index in [2.05, 4.69) is 38.2 Å². The Kier molecular flexibility index (Phi) is 8.95. The molecule has 0 unspecified atom stereocenters.